The molecule has 0 N–H and O–H groups in total. The van der Waals surface area contributed by atoms with E-state index < -0.39 is 6.10 Å². The van der Waals surface area contributed by atoms with Crippen LogP contribution in [0.15, 0.2) is 85.1 Å². The number of carbonyl (C=O) groups excluding carboxylic acids is 3. The highest BCUT2D eigenvalue weighted by Crippen LogP contribution is 2.16. The molecule has 0 bridgehead atoms. The predicted octanol–water partition coefficient (Wildman–Crippen LogP) is 20.3. The van der Waals surface area contributed by atoms with Crippen molar-refractivity contribution in [3.05, 3.63) is 85.1 Å². The first-order chi connectivity index (χ1) is 35.0. The highest BCUT2D eigenvalue weighted by atomic mass is 16.6. The first-order valence-electron chi connectivity index (χ1n) is 30.1. The van der Waals surface area contributed by atoms with E-state index in [0.29, 0.717) is 19.3 Å². The normalized spacial score (nSPS) is 12.7. The largest absolute Gasteiger partial charge is 0.462 e. The van der Waals surface area contributed by atoms with Crippen molar-refractivity contribution in [2.75, 3.05) is 13.2 Å². The van der Waals surface area contributed by atoms with Gasteiger partial charge in [0.05, 0.1) is 0 Å². The van der Waals surface area contributed by atoms with E-state index in [4.69, 9.17) is 14.2 Å². The monoisotopic (exact) mass is 989 g/mol. The molecule has 6 heteroatoms. The Bertz CT molecular complexity index is 1370. The van der Waals surface area contributed by atoms with Crippen molar-refractivity contribution in [3.8, 4) is 0 Å². The molecule has 0 saturated carbocycles. The lowest BCUT2D eigenvalue weighted by molar-refractivity contribution is -0.166. The van der Waals surface area contributed by atoms with Crippen molar-refractivity contribution in [3.63, 3.8) is 0 Å². The molecule has 0 fully saturated rings. The Balaban J connectivity index is 4.48. The third-order valence-corrected chi connectivity index (χ3v) is 12.9. The average Bonchev–Trinajstić information content (AvgIpc) is 3.37. The van der Waals surface area contributed by atoms with Crippen molar-refractivity contribution >= 4 is 17.9 Å². The standard InChI is InChI=1S/C65H112O6/c1-4-7-10-13-16-19-22-25-28-31-33-35-37-40-43-46-49-52-55-58-64(67)70-61-62(60-69-63(66)57-54-51-48-45-42-39-36-30-27-24-21-18-15-12-9-6-3)71-65(68)59-56-53-50-47-44-41-38-34-32-29-26-23-20-17-14-11-8-5-2/h7,10,16,19,25,28-29,32-33,35,40,43,49,52,62H,4-6,8-9,11-15,17-18,20-24,26-27,30-31,34,36-39,41-42,44-48,50-51,53-61H2,1-3H3/b10-7-,19-16-,28-25-,32-29-,35-33-,43-40-,52-49-. The molecule has 1 atom stereocenters. The van der Waals surface area contributed by atoms with Crippen LogP contribution in [0.5, 0.6) is 0 Å². The second kappa shape index (κ2) is 59.2. The van der Waals surface area contributed by atoms with E-state index in [1.807, 2.05) is 6.08 Å². The topological polar surface area (TPSA) is 78.9 Å². The Morgan fingerprint density at radius 3 is 0.944 bits per heavy atom. The van der Waals surface area contributed by atoms with Crippen LogP contribution < -0.4 is 0 Å². The molecule has 71 heavy (non-hydrogen) atoms. The lowest BCUT2D eigenvalue weighted by Gasteiger charge is -2.18. The Hall–Kier alpha value is -3.41. The first-order valence-corrected chi connectivity index (χ1v) is 30.1. The SMILES string of the molecule is CC/C=C\C/C=C\C/C=C\C/C=C\C/C=C\C/C=C\CCC(=O)OCC(COC(=O)CCCCCCCCCCCCCCCCCC)OC(=O)CCCCCCCCC/C=C\CCCCCCCCC. The fourth-order valence-electron chi connectivity index (χ4n) is 8.41. The fraction of sp³-hybridized carbons (Fsp3) is 0.738. The molecule has 0 radical (unpaired) electrons. The second-order valence-electron chi connectivity index (χ2n) is 19.9. The summed E-state index contributed by atoms with van der Waals surface area (Å²) in [5, 5.41) is 0. The molecule has 0 aromatic rings. The smallest absolute Gasteiger partial charge is 0.306 e. The molecule has 0 aromatic carbocycles. The van der Waals surface area contributed by atoms with E-state index in [1.165, 1.54) is 167 Å². The first kappa shape index (κ1) is 67.6. The summed E-state index contributed by atoms with van der Waals surface area (Å²) in [4.78, 5) is 38.2. The van der Waals surface area contributed by atoms with Crippen LogP contribution in [0.2, 0.25) is 0 Å². The molecule has 0 aliphatic carbocycles. The zero-order valence-electron chi connectivity index (χ0n) is 46.7. The van der Waals surface area contributed by atoms with Gasteiger partial charge >= 0.3 is 17.9 Å². The summed E-state index contributed by atoms with van der Waals surface area (Å²) in [6.07, 6.45) is 77.3. The molecular weight excluding hydrogens is 877 g/mol. The van der Waals surface area contributed by atoms with Crippen molar-refractivity contribution in [1.82, 2.24) is 0 Å². The Morgan fingerprint density at radius 2 is 0.577 bits per heavy atom. The predicted molar refractivity (Wildman–Crippen MR) is 307 cm³/mol. The molecule has 0 rings (SSSR count). The molecule has 0 heterocycles. The minimum atomic E-state index is -0.809. The van der Waals surface area contributed by atoms with Gasteiger partial charge in [-0.1, -0.05) is 273 Å². The molecule has 6 nitrogen and oxygen atoms in total. The minimum absolute atomic E-state index is 0.0990. The summed E-state index contributed by atoms with van der Waals surface area (Å²) in [6, 6.07) is 0. The van der Waals surface area contributed by atoms with Crippen LogP contribution in [-0.2, 0) is 28.6 Å². The molecule has 0 spiro atoms. The number of rotatable bonds is 54. The van der Waals surface area contributed by atoms with E-state index >= 15 is 0 Å². The van der Waals surface area contributed by atoms with Gasteiger partial charge in [-0.15, -0.1) is 0 Å². The molecule has 0 saturated heterocycles. The lowest BCUT2D eigenvalue weighted by atomic mass is 10.0. The number of allylic oxidation sites excluding steroid dienone is 14. The van der Waals surface area contributed by atoms with Gasteiger partial charge in [-0.05, 0) is 83.5 Å². The molecule has 0 aliphatic rings. The van der Waals surface area contributed by atoms with Crippen molar-refractivity contribution in [2.24, 2.45) is 0 Å². The van der Waals surface area contributed by atoms with Gasteiger partial charge in [-0.3, -0.25) is 14.4 Å². The number of unbranched alkanes of at least 4 members (excludes halogenated alkanes) is 29. The highest BCUT2D eigenvalue weighted by Gasteiger charge is 2.19. The summed E-state index contributed by atoms with van der Waals surface area (Å²) in [6.45, 7) is 6.49. The third-order valence-electron chi connectivity index (χ3n) is 12.9. The maximum Gasteiger partial charge on any atom is 0.306 e. The Morgan fingerprint density at radius 1 is 0.296 bits per heavy atom. The molecule has 1 unspecified atom stereocenters. The maximum absolute atomic E-state index is 12.9. The second-order valence-corrected chi connectivity index (χ2v) is 19.9. The van der Waals surface area contributed by atoms with Crippen LogP contribution in [-0.4, -0.2) is 37.2 Å². The summed E-state index contributed by atoms with van der Waals surface area (Å²) in [7, 11) is 0. The highest BCUT2D eigenvalue weighted by molar-refractivity contribution is 5.71. The van der Waals surface area contributed by atoms with E-state index in [0.717, 1.165) is 77.0 Å². The summed E-state index contributed by atoms with van der Waals surface area (Å²) < 4.78 is 16.8. The number of esters is 3. The van der Waals surface area contributed by atoms with Gasteiger partial charge in [0, 0.05) is 19.3 Å². The number of hydrogen-bond donors (Lipinski definition) is 0. The van der Waals surface area contributed by atoms with Gasteiger partial charge in [-0.2, -0.15) is 0 Å². The van der Waals surface area contributed by atoms with Crippen LogP contribution in [0.25, 0.3) is 0 Å². The average molecular weight is 990 g/mol. The van der Waals surface area contributed by atoms with Gasteiger partial charge in [0.1, 0.15) is 13.2 Å². The molecule has 0 aliphatic heterocycles. The number of ether oxygens (including phenoxy) is 3. The molecule has 0 aromatic heterocycles. The lowest BCUT2D eigenvalue weighted by Crippen LogP contribution is -2.30. The van der Waals surface area contributed by atoms with Crippen LogP contribution in [0.4, 0.5) is 0 Å². The van der Waals surface area contributed by atoms with Crippen molar-refractivity contribution in [1.29, 1.82) is 0 Å². The fourth-order valence-corrected chi connectivity index (χ4v) is 8.41. The van der Waals surface area contributed by atoms with Crippen LogP contribution in [0, 0.1) is 0 Å². The van der Waals surface area contributed by atoms with Crippen LogP contribution >= 0.6 is 0 Å². The Kier molecular flexibility index (Phi) is 56.3. The van der Waals surface area contributed by atoms with Crippen LogP contribution in [0.3, 0.4) is 0 Å². The van der Waals surface area contributed by atoms with Crippen molar-refractivity contribution in [2.45, 2.75) is 297 Å². The van der Waals surface area contributed by atoms with Gasteiger partial charge in [0.15, 0.2) is 6.10 Å². The van der Waals surface area contributed by atoms with E-state index in [1.54, 1.807) is 0 Å². The minimum Gasteiger partial charge on any atom is -0.462 e. The third kappa shape index (κ3) is 57.4. The van der Waals surface area contributed by atoms with Gasteiger partial charge in [0.25, 0.3) is 0 Å². The summed E-state index contributed by atoms with van der Waals surface area (Å²) in [5.41, 5.74) is 0. The van der Waals surface area contributed by atoms with Gasteiger partial charge in [0.2, 0.25) is 0 Å². The van der Waals surface area contributed by atoms with Gasteiger partial charge in [-0.25, -0.2) is 0 Å². The zero-order valence-corrected chi connectivity index (χ0v) is 46.7. The molecular formula is C65H112O6. The number of hydrogen-bond acceptors (Lipinski definition) is 6. The van der Waals surface area contributed by atoms with E-state index in [2.05, 4.69) is 99.8 Å². The van der Waals surface area contributed by atoms with E-state index in [-0.39, 0.29) is 37.5 Å². The Labute approximate surface area is 439 Å². The van der Waals surface area contributed by atoms with Crippen molar-refractivity contribution < 1.29 is 28.6 Å². The quantitative estimate of drug-likeness (QED) is 0.0261. The van der Waals surface area contributed by atoms with E-state index in [9.17, 15) is 14.4 Å². The van der Waals surface area contributed by atoms with Crippen LogP contribution in [0.1, 0.15) is 290 Å². The molecule has 408 valence electrons. The maximum atomic E-state index is 12.9. The summed E-state index contributed by atoms with van der Waals surface area (Å²) in [5.74, 6) is -0.981. The number of carbonyl (C=O) groups is 3. The zero-order chi connectivity index (χ0) is 51.4. The summed E-state index contributed by atoms with van der Waals surface area (Å²) >= 11 is 0. The molecule has 0 amide bonds. The van der Waals surface area contributed by atoms with Gasteiger partial charge < -0.3 is 14.2 Å².